The van der Waals surface area contributed by atoms with Crippen molar-refractivity contribution in [2.45, 2.75) is 13.0 Å². The van der Waals surface area contributed by atoms with E-state index < -0.39 is 16.1 Å². The zero-order valence-corrected chi connectivity index (χ0v) is 10.3. The van der Waals surface area contributed by atoms with E-state index in [1.807, 2.05) is 25.1 Å². The van der Waals surface area contributed by atoms with Crippen LogP contribution in [-0.4, -0.2) is 26.0 Å². The summed E-state index contributed by atoms with van der Waals surface area (Å²) >= 11 is 0. The first-order chi connectivity index (χ1) is 7.38. The highest BCUT2D eigenvalue weighted by molar-refractivity contribution is 7.88. The molecule has 0 N–H and O–H groups in total. The van der Waals surface area contributed by atoms with Gasteiger partial charge in [0, 0.05) is 7.05 Å². The molecule has 0 saturated heterocycles. The quantitative estimate of drug-likeness (QED) is 0.800. The minimum Gasteiger partial charge on any atom is -0.212 e. The molecule has 0 spiro atoms. The standard InChI is InChI=1S/C11H14N2O2S/c1-9-6-4-5-7-10(9)11(8-12)13(2)16(3,14)15/h4-7,11H,1-3H3. The fourth-order valence-electron chi connectivity index (χ4n) is 1.43. The first-order valence-electron chi connectivity index (χ1n) is 4.76. The number of hydrogen-bond acceptors (Lipinski definition) is 3. The summed E-state index contributed by atoms with van der Waals surface area (Å²) in [5.41, 5.74) is 1.63. The van der Waals surface area contributed by atoms with Crippen molar-refractivity contribution in [2.75, 3.05) is 13.3 Å². The summed E-state index contributed by atoms with van der Waals surface area (Å²) in [7, 11) is -1.96. The SMILES string of the molecule is Cc1ccccc1C(C#N)N(C)S(C)(=O)=O. The van der Waals surface area contributed by atoms with Gasteiger partial charge >= 0.3 is 0 Å². The molecule has 1 rings (SSSR count). The maximum absolute atomic E-state index is 11.4. The second-order valence-electron chi connectivity index (χ2n) is 3.67. The molecule has 0 bridgehead atoms. The molecular formula is C11H14N2O2S. The van der Waals surface area contributed by atoms with Gasteiger partial charge in [0.15, 0.2) is 0 Å². The lowest BCUT2D eigenvalue weighted by Gasteiger charge is -2.21. The average molecular weight is 238 g/mol. The molecule has 0 fully saturated rings. The van der Waals surface area contributed by atoms with Gasteiger partial charge in [-0.05, 0) is 18.1 Å². The van der Waals surface area contributed by atoms with Crippen LogP contribution in [0.15, 0.2) is 24.3 Å². The predicted molar refractivity (Wildman–Crippen MR) is 62.1 cm³/mol. The van der Waals surface area contributed by atoms with E-state index in [0.717, 1.165) is 21.7 Å². The second kappa shape index (κ2) is 4.64. The molecule has 1 atom stereocenters. The lowest BCUT2D eigenvalue weighted by Crippen LogP contribution is -2.29. The molecule has 0 radical (unpaired) electrons. The summed E-state index contributed by atoms with van der Waals surface area (Å²) in [4.78, 5) is 0. The maximum Gasteiger partial charge on any atom is 0.212 e. The number of benzene rings is 1. The number of nitrogens with zero attached hydrogens (tertiary/aromatic N) is 2. The van der Waals surface area contributed by atoms with Crippen LogP contribution in [-0.2, 0) is 10.0 Å². The molecule has 1 unspecified atom stereocenters. The predicted octanol–water partition coefficient (Wildman–Crippen LogP) is 1.45. The Labute approximate surface area is 96.2 Å². The van der Waals surface area contributed by atoms with E-state index in [-0.39, 0.29) is 0 Å². The smallest absolute Gasteiger partial charge is 0.212 e. The van der Waals surface area contributed by atoms with Gasteiger partial charge < -0.3 is 0 Å². The van der Waals surface area contributed by atoms with E-state index in [0.29, 0.717) is 0 Å². The van der Waals surface area contributed by atoms with E-state index in [1.54, 1.807) is 12.1 Å². The van der Waals surface area contributed by atoms with Gasteiger partial charge in [0.1, 0.15) is 6.04 Å². The highest BCUT2D eigenvalue weighted by atomic mass is 32.2. The fraction of sp³-hybridized carbons (Fsp3) is 0.364. The number of aryl methyl sites for hydroxylation is 1. The van der Waals surface area contributed by atoms with Crippen molar-refractivity contribution in [1.82, 2.24) is 4.31 Å². The van der Waals surface area contributed by atoms with E-state index >= 15 is 0 Å². The summed E-state index contributed by atoms with van der Waals surface area (Å²) in [5.74, 6) is 0. The largest absolute Gasteiger partial charge is 0.212 e. The maximum atomic E-state index is 11.4. The van der Waals surface area contributed by atoms with Gasteiger partial charge in [-0.1, -0.05) is 24.3 Å². The van der Waals surface area contributed by atoms with Crippen LogP contribution < -0.4 is 0 Å². The van der Waals surface area contributed by atoms with Gasteiger partial charge in [-0.2, -0.15) is 9.57 Å². The Bertz CT molecular complexity index is 517. The van der Waals surface area contributed by atoms with Crippen LogP contribution in [0.5, 0.6) is 0 Å². The second-order valence-corrected chi connectivity index (χ2v) is 5.71. The van der Waals surface area contributed by atoms with E-state index in [9.17, 15) is 8.42 Å². The Morgan fingerprint density at radius 1 is 1.38 bits per heavy atom. The minimum absolute atomic E-state index is 0.720. The Morgan fingerprint density at radius 2 is 1.94 bits per heavy atom. The summed E-state index contributed by atoms with van der Waals surface area (Å²) in [6.07, 6.45) is 1.09. The summed E-state index contributed by atoms with van der Waals surface area (Å²) in [6, 6.07) is 8.52. The third kappa shape index (κ3) is 2.60. The molecule has 1 aromatic rings. The molecule has 0 heterocycles. The molecule has 0 aliphatic heterocycles. The monoisotopic (exact) mass is 238 g/mol. The van der Waals surface area contributed by atoms with Crippen molar-refractivity contribution in [1.29, 1.82) is 5.26 Å². The summed E-state index contributed by atoms with van der Waals surface area (Å²) < 4.78 is 23.9. The summed E-state index contributed by atoms with van der Waals surface area (Å²) in [5, 5.41) is 9.08. The molecule has 0 aromatic heterocycles. The molecule has 86 valence electrons. The van der Waals surface area contributed by atoms with Crippen molar-refractivity contribution in [3.05, 3.63) is 35.4 Å². The topological polar surface area (TPSA) is 61.2 Å². The molecule has 0 aliphatic rings. The highest BCUT2D eigenvalue weighted by Gasteiger charge is 2.24. The number of rotatable bonds is 3. The lowest BCUT2D eigenvalue weighted by atomic mass is 10.0. The van der Waals surface area contributed by atoms with Crippen LogP contribution in [0.4, 0.5) is 0 Å². The Balaban J connectivity index is 3.21. The van der Waals surface area contributed by atoms with E-state index in [2.05, 4.69) is 0 Å². The van der Waals surface area contributed by atoms with Crippen molar-refractivity contribution >= 4 is 10.0 Å². The van der Waals surface area contributed by atoms with Crippen LogP contribution in [0.25, 0.3) is 0 Å². The van der Waals surface area contributed by atoms with Gasteiger partial charge in [-0.15, -0.1) is 0 Å². The molecular weight excluding hydrogens is 224 g/mol. The Morgan fingerprint density at radius 3 is 2.38 bits per heavy atom. The molecule has 5 heteroatoms. The van der Waals surface area contributed by atoms with Crippen molar-refractivity contribution in [2.24, 2.45) is 0 Å². The van der Waals surface area contributed by atoms with Crippen molar-refractivity contribution in [3.8, 4) is 6.07 Å². The first kappa shape index (κ1) is 12.7. The molecule has 0 amide bonds. The number of sulfonamides is 1. The van der Waals surface area contributed by atoms with Crippen LogP contribution >= 0.6 is 0 Å². The van der Waals surface area contributed by atoms with Crippen molar-refractivity contribution < 1.29 is 8.42 Å². The normalized spacial score (nSPS) is 13.4. The number of hydrogen-bond donors (Lipinski definition) is 0. The van der Waals surface area contributed by atoms with E-state index in [1.165, 1.54) is 7.05 Å². The zero-order valence-electron chi connectivity index (χ0n) is 9.51. The molecule has 16 heavy (non-hydrogen) atoms. The van der Waals surface area contributed by atoms with Gasteiger partial charge in [-0.25, -0.2) is 8.42 Å². The van der Waals surface area contributed by atoms with Crippen LogP contribution in [0, 0.1) is 18.3 Å². The lowest BCUT2D eigenvalue weighted by molar-refractivity contribution is 0.436. The fourth-order valence-corrected chi connectivity index (χ4v) is 1.98. The van der Waals surface area contributed by atoms with Gasteiger partial charge in [-0.3, -0.25) is 0 Å². The third-order valence-corrected chi connectivity index (χ3v) is 3.75. The first-order valence-corrected chi connectivity index (χ1v) is 6.61. The van der Waals surface area contributed by atoms with Crippen LogP contribution in [0.2, 0.25) is 0 Å². The third-order valence-electron chi connectivity index (χ3n) is 2.49. The van der Waals surface area contributed by atoms with E-state index in [4.69, 9.17) is 5.26 Å². The minimum atomic E-state index is -3.37. The van der Waals surface area contributed by atoms with Gasteiger partial charge in [0.2, 0.25) is 10.0 Å². The molecule has 1 aromatic carbocycles. The zero-order chi connectivity index (χ0) is 12.3. The number of nitriles is 1. The average Bonchev–Trinajstić information content (AvgIpc) is 2.20. The Hall–Kier alpha value is -1.38. The van der Waals surface area contributed by atoms with Gasteiger partial charge in [0.05, 0.1) is 12.3 Å². The van der Waals surface area contributed by atoms with Gasteiger partial charge in [0.25, 0.3) is 0 Å². The summed E-state index contributed by atoms with van der Waals surface area (Å²) in [6.45, 7) is 1.86. The molecule has 0 aliphatic carbocycles. The molecule has 4 nitrogen and oxygen atoms in total. The highest BCUT2D eigenvalue weighted by Crippen LogP contribution is 2.23. The van der Waals surface area contributed by atoms with Crippen molar-refractivity contribution in [3.63, 3.8) is 0 Å². The van der Waals surface area contributed by atoms with Crippen LogP contribution in [0.3, 0.4) is 0 Å². The Kier molecular flexibility index (Phi) is 3.68. The van der Waals surface area contributed by atoms with Crippen LogP contribution in [0.1, 0.15) is 17.2 Å². The molecule has 0 saturated carbocycles.